The number of nitro groups is 1. The maximum Gasteiger partial charge on any atom is 0.270 e. The second-order valence-corrected chi connectivity index (χ2v) is 6.68. The van der Waals surface area contributed by atoms with Crippen molar-refractivity contribution < 1.29 is 19.5 Å². The minimum absolute atomic E-state index is 0.0335. The Morgan fingerprint density at radius 2 is 2.00 bits per heavy atom. The average molecular weight is 384 g/mol. The zero-order valence-electron chi connectivity index (χ0n) is 15.5. The monoisotopic (exact) mass is 384 g/mol. The number of aromatic nitrogens is 2. The zero-order chi connectivity index (χ0) is 19.8. The average Bonchev–Trinajstić information content (AvgIpc) is 3.09. The molecule has 1 atom stereocenters. The lowest BCUT2D eigenvalue weighted by atomic mass is 9.95. The number of benzene rings is 2. The van der Waals surface area contributed by atoms with Crippen molar-refractivity contribution in [2.24, 2.45) is 0 Å². The third-order valence-electron chi connectivity index (χ3n) is 5.03. The highest BCUT2D eigenvalue weighted by atomic mass is 16.6. The predicted octanol–water partition coefficient (Wildman–Crippen LogP) is 2.47. The van der Waals surface area contributed by atoms with Gasteiger partial charge in [-0.05, 0) is 18.2 Å². The van der Waals surface area contributed by atoms with Gasteiger partial charge in [-0.1, -0.05) is 0 Å². The van der Waals surface area contributed by atoms with Gasteiger partial charge in [0.2, 0.25) is 0 Å². The van der Waals surface area contributed by atoms with Gasteiger partial charge in [0.15, 0.2) is 0 Å². The van der Waals surface area contributed by atoms with Crippen LogP contribution < -0.4 is 9.47 Å². The Hall–Kier alpha value is -3.17. The number of fused-ring (bicyclic) bond motifs is 2. The van der Waals surface area contributed by atoms with E-state index in [0.29, 0.717) is 36.6 Å². The normalized spacial score (nSPS) is 16.8. The molecule has 0 fully saturated rings. The zero-order valence-corrected chi connectivity index (χ0v) is 15.5. The summed E-state index contributed by atoms with van der Waals surface area (Å²) in [5.41, 5.74) is 2.46. The van der Waals surface area contributed by atoms with Crippen molar-refractivity contribution in [3.05, 3.63) is 57.8 Å². The van der Waals surface area contributed by atoms with E-state index in [1.807, 2.05) is 11.0 Å². The Kier molecular flexibility index (Phi) is 4.62. The first-order chi connectivity index (χ1) is 13.5. The van der Waals surface area contributed by atoms with E-state index < -0.39 is 11.0 Å². The van der Waals surface area contributed by atoms with Crippen LogP contribution in [0.15, 0.2) is 36.5 Å². The molecule has 0 saturated heterocycles. The van der Waals surface area contributed by atoms with Crippen LogP contribution in [0, 0.1) is 10.1 Å². The summed E-state index contributed by atoms with van der Waals surface area (Å²) in [5, 5.41) is 26.7. The van der Waals surface area contributed by atoms with Crippen LogP contribution in [0.5, 0.6) is 11.5 Å². The number of non-ortho nitro benzene ring substituents is 1. The molecule has 9 nitrogen and oxygen atoms in total. The topological polar surface area (TPSA) is 103 Å². The van der Waals surface area contributed by atoms with Crippen molar-refractivity contribution in [2.45, 2.75) is 19.3 Å². The molecule has 0 aliphatic carbocycles. The summed E-state index contributed by atoms with van der Waals surface area (Å²) >= 11 is 0. The molecule has 0 unspecified atom stereocenters. The maximum atomic E-state index is 11.0. The summed E-state index contributed by atoms with van der Waals surface area (Å²) in [7, 11) is 3.18. The fourth-order valence-electron chi connectivity index (χ4n) is 3.74. The largest absolute Gasteiger partial charge is 0.496 e. The smallest absolute Gasteiger partial charge is 0.270 e. The molecular weight excluding hydrogens is 364 g/mol. The maximum absolute atomic E-state index is 11.0. The van der Waals surface area contributed by atoms with Gasteiger partial charge in [-0.15, -0.1) is 0 Å². The van der Waals surface area contributed by atoms with E-state index in [9.17, 15) is 15.2 Å². The van der Waals surface area contributed by atoms with Gasteiger partial charge >= 0.3 is 0 Å². The molecule has 0 radical (unpaired) electrons. The van der Waals surface area contributed by atoms with Gasteiger partial charge in [-0.25, -0.2) is 0 Å². The number of rotatable bonds is 5. The van der Waals surface area contributed by atoms with Crippen LogP contribution in [0.2, 0.25) is 0 Å². The molecule has 0 spiro atoms. The number of aliphatic hydroxyl groups excluding tert-OH is 1. The number of ether oxygens (including phenoxy) is 2. The van der Waals surface area contributed by atoms with E-state index in [1.165, 1.54) is 12.1 Å². The first-order valence-electron chi connectivity index (χ1n) is 8.76. The standard InChI is InChI=1S/C19H20N4O5/c1-27-17-5-6-18(28-2)19-14(17)9-21(10-16(19)24)11-22-15-4-3-13(23(25)26)7-12(15)8-20-22/h3-8,16,24H,9-11H2,1-2H3/t16-/m0/s1. The molecule has 1 aliphatic heterocycles. The van der Waals surface area contributed by atoms with Gasteiger partial charge in [0.05, 0.1) is 43.6 Å². The van der Waals surface area contributed by atoms with Crippen LogP contribution in [0.25, 0.3) is 10.9 Å². The SMILES string of the molecule is COc1ccc(OC)c2c1CN(Cn1ncc3cc([N+](=O)[O-])ccc31)C[C@@H]2O. The lowest BCUT2D eigenvalue weighted by molar-refractivity contribution is -0.384. The third-order valence-corrected chi connectivity index (χ3v) is 5.03. The van der Waals surface area contributed by atoms with Crippen LogP contribution in [0.1, 0.15) is 17.2 Å². The molecular formula is C19H20N4O5. The van der Waals surface area contributed by atoms with Crippen molar-refractivity contribution in [2.75, 3.05) is 20.8 Å². The number of methoxy groups -OCH3 is 2. The number of β-amino-alcohol motifs (C(OH)–C–C–N with tert-alkyl or cyclic N) is 1. The number of aliphatic hydroxyl groups is 1. The second-order valence-electron chi connectivity index (χ2n) is 6.68. The Morgan fingerprint density at radius 3 is 2.71 bits per heavy atom. The number of hydrogen-bond acceptors (Lipinski definition) is 7. The second kappa shape index (κ2) is 7.10. The Bertz CT molecular complexity index is 1050. The third kappa shape index (κ3) is 3.04. The van der Waals surface area contributed by atoms with Crippen molar-refractivity contribution in [3.63, 3.8) is 0 Å². The van der Waals surface area contributed by atoms with Gasteiger partial charge in [0, 0.05) is 41.7 Å². The number of hydrogen-bond donors (Lipinski definition) is 1. The summed E-state index contributed by atoms with van der Waals surface area (Å²) in [5.74, 6) is 1.33. The highest BCUT2D eigenvalue weighted by molar-refractivity contribution is 5.81. The molecule has 3 aromatic rings. The van der Waals surface area contributed by atoms with Gasteiger partial charge in [-0.3, -0.25) is 19.7 Å². The van der Waals surface area contributed by atoms with E-state index in [4.69, 9.17) is 9.47 Å². The van der Waals surface area contributed by atoms with E-state index in [1.54, 1.807) is 37.2 Å². The summed E-state index contributed by atoms with van der Waals surface area (Å²) in [4.78, 5) is 12.6. The highest BCUT2D eigenvalue weighted by Gasteiger charge is 2.30. The molecule has 0 bridgehead atoms. The fraction of sp³-hybridized carbons (Fsp3) is 0.316. The van der Waals surface area contributed by atoms with Crippen LogP contribution in [-0.2, 0) is 13.2 Å². The first kappa shape index (κ1) is 18.2. The van der Waals surface area contributed by atoms with Crippen molar-refractivity contribution >= 4 is 16.6 Å². The first-order valence-corrected chi connectivity index (χ1v) is 8.76. The minimum Gasteiger partial charge on any atom is -0.496 e. The fourth-order valence-corrected chi connectivity index (χ4v) is 3.74. The molecule has 2 heterocycles. The summed E-state index contributed by atoms with van der Waals surface area (Å²) in [6.45, 7) is 1.39. The van der Waals surface area contributed by atoms with Crippen LogP contribution in [0.4, 0.5) is 5.69 Å². The highest BCUT2D eigenvalue weighted by Crippen LogP contribution is 2.39. The Labute approximate surface area is 160 Å². The van der Waals surface area contributed by atoms with Gasteiger partial charge < -0.3 is 14.6 Å². The molecule has 146 valence electrons. The minimum atomic E-state index is -0.725. The molecule has 28 heavy (non-hydrogen) atoms. The molecule has 2 aromatic carbocycles. The molecule has 0 saturated carbocycles. The van der Waals surface area contributed by atoms with Crippen LogP contribution >= 0.6 is 0 Å². The van der Waals surface area contributed by atoms with E-state index in [2.05, 4.69) is 5.10 Å². The van der Waals surface area contributed by atoms with Crippen molar-refractivity contribution in [1.29, 1.82) is 0 Å². The van der Waals surface area contributed by atoms with E-state index in [-0.39, 0.29) is 5.69 Å². The molecule has 4 rings (SSSR count). The predicted molar refractivity (Wildman–Crippen MR) is 101 cm³/mol. The number of nitrogens with zero attached hydrogens (tertiary/aromatic N) is 4. The Morgan fingerprint density at radius 1 is 1.25 bits per heavy atom. The quantitative estimate of drug-likeness (QED) is 0.532. The lowest BCUT2D eigenvalue weighted by Gasteiger charge is -2.33. The van der Waals surface area contributed by atoms with Gasteiger partial charge in [0.1, 0.15) is 11.5 Å². The van der Waals surface area contributed by atoms with Crippen LogP contribution in [-0.4, -0.2) is 45.5 Å². The Balaban J connectivity index is 1.64. The number of nitro benzene ring substituents is 1. The lowest BCUT2D eigenvalue weighted by Crippen LogP contribution is -2.35. The summed E-state index contributed by atoms with van der Waals surface area (Å²) < 4.78 is 12.6. The molecule has 0 amide bonds. The molecule has 1 N–H and O–H groups in total. The molecule has 1 aliphatic rings. The molecule has 9 heteroatoms. The summed E-state index contributed by atoms with van der Waals surface area (Å²) in [6, 6.07) is 8.29. The summed E-state index contributed by atoms with van der Waals surface area (Å²) in [6.07, 6.45) is 0.886. The van der Waals surface area contributed by atoms with Crippen molar-refractivity contribution in [1.82, 2.24) is 14.7 Å². The van der Waals surface area contributed by atoms with E-state index in [0.717, 1.165) is 16.6 Å². The van der Waals surface area contributed by atoms with Gasteiger partial charge in [0.25, 0.3) is 5.69 Å². The van der Waals surface area contributed by atoms with E-state index >= 15 is 0 Å². The molecule has 1 aromatic heterocycles. The van der Waals surface area contributed by atoms with Crippen LogP contribution in [0.3, 0.4) is 0 Å². The van der Waals surface area contributed by atoms with Crippen molar-refractivity contribution in [3.8, 4) is 11.5 Å². The van der Waals surface area contributed by atoms with Gasteiger partial charge in [-0.2, -0.15) is 5.10 Å².